The van der Waals surface area contributed by atoms with Crippen molar-refractivity contribution in [2.45, 2.75) is 53.6 Å². The second-order valence-electron chi connectivity index (χ2n) is 6.21. The van der Waals surface area contributed by atoms with Gasteiger partial charge in [-0.2, -0.15) is 5.26 Å². The molecule has 0 saturated carbocycles. The minimum absolute atomic E-state index is 0.246. The summed E-state index contributed by atoms with van der Waals surface area (Å²) in [6.45, 7) is 12.5. The quantitative estimate of drug-likeness (QED) is 0.812. The summed E-state index contributed by atoms with van der Waals surface area (Å²) in [5, 5.41) is 12.6. The molecule has 0 aliphatic heterocycles. The molecule has 1 rings (SSSR count). The van der Waals surface area contributed by atoms with Crippen molar-refractivity contribution in [1.82, 2.24) is 9.88 Å². The smallest absolute Gasteiger partial charge is 0.0684 e. The van der Waals surface area contributed by atoms with Gasteiger partial charge in [0.2, 0.25) is 0 Å². The lowest BCUT2D eigenvalue weighted by Crippen LogP contribution is -2.25. The fourth-order valence-corrected chi connectivity index (χ4v) is 2.21. The van der Waals surface area contributed by atoms with Gasteiger partial charge in [0.05, 0.1) is 11.5 Å². The monoisotopic (exact) mass is 261 g/mol. The van der Waals surface area contributed by atoms with E-state index >= 15 is 0 Å². The number of aryl methyl sites for hydroxylation is 1. The van der Waals surface area contributed by atoms with Crippen LogP contribution < -0.4 is 5.32 Å². The predicted octanol–water partition coefficient (Wildman–Crippen LogP) is 3.73. The number of hydrogen-bond acceptors (Lipinski definition) is 2. The van der Waals surface area contributed by atoms with E-state index in [1.54, 1.807) is 0 Å². The zero-order valence-corrected chi connectivity index (χ0v) is 12.9. The lowest BCUT2D eigenvalue weighted by Gasteiger charge is -2.21. The highest BCUT2D eigenvalue weighted by atomic mass is 15.0. The van der Waals surface area contributed by atoms with Crippen molar-refractivity contribution in [3.05, 3.63) is 24.0 Å². The molecule has 19 heavy (non-hydrogen) atoms. The summed E-state index contributed by atoms with van der Waals surface area (Å²) in [4.78, 5) is 0. The summed E-state index contributed by atoms with van der Waals surface area (Å²) in [5.41, 5.74) is 1.09. The van der Waals surface area contributed by atoms with Gasteiger partial charge in [-0.3, -0.25) is 0 Å². The highest BCUT2D eigenvalue weighted by Crippen LogP contribution is 2.23. The van der Waals surface area contributed by atoms with Crippen LogP contribution in [0.5, 0.6) is 0 Å². The third-order valence-corrected chi connectivity index (χ3v) is 3.52. The summed E-state index contributed by atoms with van der Waals surface area (Å²) in [5.74, 6) is 0.575. The lowest BCUT2D eigenvalue weighted by atomic mass is 9.91. The van der Waals surface area contributed by atoms with E-state index in [0.717, 1.165) is 19.5 Å². The third kappa shape index (κ3) is 4.72. The molecule has 0 aliphatic rings. The van der Waals surface area contributed by atoms with Crippen LogP contribution in [0.15, 0.2) is 18.5 Å². The number of nitrogens with one attached hydrogen (secondary N) is 1. The topological polar surface area (TPSA) is 40.8 Å². The van der Waals surface area contributed by atoms with Crippen molar-refractivity contribution in [2.24, 2.45) is 11.3 Å². The van der Waals surface area contributed by atoms with E-state index < -0.39 is 0 Å². The standard InChI is InChI=1S/C16H27N3/c1-6-18-15(13(2)3)14-7-9-19(11-14)10-8-16(4,5)12-17/h7,9,11,13,15,18H,6,8,10H2,1-5H3. The molecule has 0 aromatic carbocycles. The van der Waals surface area contributed by atoms with Crippen LogP contribution in [-0.2, 0) is 6.54 Å². The van der Waals surface area contributed by atoms with Crippen molar-refractivity contribution in [2.75, 3.05) is 6.54 Å². The summed E-state index contributed by atoms with van der Waals surface area (Å²) < 4.78 is 2.20. The normalized spacial score (nSPS) is 13.5. The molecule has 1 unspecified atom stereocenters. The first kappa shape index (κ1) is 15.8. The Morgan fingerprint density at radius 1 is 1.42 bits per heavy atom. The first-order valence-corrected chi connectivity index (χ1v) is 7.20. The fourth-order valence-electron chi connectivity index (χ4n) is 2.21. The molecule has 0 radical (unpaired) electrons. The summed E-state index contributed by atoms with van der Waals surface area (Å²) in [6.07, 6.45) is 5.21. The minimum atomic E-state index is -0.246. The molecule has 106 valence electrons. The Morgan fingerprint density at radius 2 is 2.11 bits per heavy atom. The molecular formula is C16H27N3. The molecule has 1 aromatic rings. The Labute approximate surface area is 117 Å². The number of aromatic nitrogens is 1. The van der Waals surface area contributed by atoms with Gasteiger partial charge < -0.3 is 9.88 Å². The number of rotatable bonds is 7. The zero-order valence-electron chi connectivity index (χ0n) is 12.9. The SMILES string of the molecule is CCNC(c1ccn(CCC(C)(C)C#N)c1)C(C)C. The van der Waals surface area contributed by atoms with Crippen molar-refractivity contribution in [3.63, 3.8) is 0 Å². The molecule has 1 N–H and O–H groups in total. The van der Waals surface area contributed by atoms with Crippen LogP contribution in [0, 0.1) is 22.7 Å². The van der Waals surface area contributed by atoms with Gasteiger partial charge in [0.25, 0.3) is 0 Å². The van der Waals surface area contributed by atoms with Gasteiger partial charge in [0.1, 0.15) is 0 Å². The largest absolute Gasteiger partial charge is 0.354 e. The van der Waals surface area contributed by atoms with Crippen LogP contribution in [0.3, 0.4) is 0 Å². The fraction of sp³-hybridized carbons (Fsp3) is 0.688. The first-order valence-electron chi connectivity index (χ1n) is 7.20. The summed E-state index contributed by atoms with van der Waals surface area (Å²) in [6, 6.07) is 4.95. The van der Waals surface area contributed by atoms with Gasteiger partial charge in [-0.15, -0.1) is 0 Å². The number of nitriles is 1. The van der Waals surface area contributed by atoms with E-state index in [1.807, 2.05) is 13.8 Å². The van der Waals surface area contributed by atoms with Gasteiger partial charge >= 0.3 is 0 Å². The van der Waals surface area contributed by atoms with Crippen LogP contribution in [0.2, 0.25) is 0 Å². The maximum Gasteiger partial charge on any atom is 0.0684 e. The third-order valence-electron chi connectivity index (χ3n) is 3.52. The maximum absolute atomic E-state index is 9.04. The van der Waals surface area contributed by atoms with Crippen molar-refractivity contribution in [1.29, 1.82) is 5.26 Å². The summed E-state index contributed by atoms with van der Waals surface area (Å²) in [7, 11) is 0. The molecule has 0 saturated heterocycles. The van der Waals surface area contributed by atoms with Gasteiger partial charge in [-0.1, -0.05) is 20.8 Å². The van der Waals surface area contributed by atoms with Gasteiger partial charge in [-0.05, 0) is 44.4 Å². The van der Waals surface area contributed by atoms with E-state index in [9.17, 15) is 0 Å². The Bertz CT molecular complexity index is 423. The lowest BCUT2D eigenvalue weighted by molar-refractivity contribution is 0.408. The van der Waals surface area contributed by atoms with E-state index in [4.69, 9.17) is 5.26 Å². The number of hydrogen-bond donors (Lipinski definition) is 1. The predicted molar refractivity (Wildman–Crippen MR) is 79.7 cm³/mol. The van der Waals surface area contributed by atoms with Crippen molar-refractivity contribution < 1.29 is 0 Å². The molecule has 0 fully saturated rings. The molecule has 1 aromatic heterocycles. The van der Waals surface area contributed by atoms with Crippen molar-refractivity contribution >= 4 is 0 Å². The van der Waals surface area contributed by atoms with Crippen LogP contribution in [0.25, 0.3) is 0 Å². The van der Waals surface area contributed by atoms with Gasteiger partial charge in [0, 0.05) is 25.0 Å². The van der Waals surface area contributed by atoms with Crippen LogP contribution in [-0.4, -0.2) is 11.1 Å². The van der Waals surface area contributed by atoms with E-state index in [1.165, 1.54) is 5.56 Å². The van der Waals surface area contributed by atoms with Gasteiger partial charge in [-0.25, -0.2) is 0 Å². The van der Waals surface area contributed by atoms with E-state index in [-0.39, 0.29) is 5.41 Å². The minimum Gasteiger partial charge on any atom is -0.354 e. The van der Waals surface area contributed by atoms with Crippen molar-refractivity contribution in [3.8, 4) is 6.07 Å². The molecule has 0 spiro atoms. The highest BCUT2D eigenvalue weighted by molar-refractivity contribution is 5.16. The van der Waals surface area contributed by atoms with E-state index in [2.05, 4.69) is 55.2 Å². The molecule has 3 nitrogen and oxygen atoms in total. The Balaban J connectivity index is 2.68. The van der Waals surface area contributed by atoms with Crippen LogP contribution in [0.4, 0.5) is 0 Å². The average molecular weight is 261 g/mol. The van der Waals surface area contributed by atoms with Crippen LogP contribution in [0.1, 0.15) is 52.6 Å². The highest BCUT2D eigenvalue weighted by Gasteiger charge is 2.18. The number of nitrogens with zero attached hydrogens (tertiary/aromatic N) is 2. The van der Waals surface area contributed by atoms with E-state index in [0.29, 0.717) is 12.0 Å². The molecule has 0 amide bonds. The second kappa shape index (κ2) is 6.77. The van der Waals surface area contributed by atoms with Crippen LogP contribution >= 0.6 is 0 Å². The molecule has 3 heteroatoms. The first-order chi connectivity index (χ1) is 8.89. The van der Waals surface area contributed by atoms with Gasteiger partial charge in [0.15, 0.2) is 0 Å². The molecule has 0 bridgehead atoms. The Hall–Kier alpha value is -1.27. The molecule has 1 atom stereocenters. The molecular weight excluding hydrogens is 234 g/mol. The Kier molecular flexibility index (Phi) is 5.62. The molecule has 1 heterocycles. The summed E-state index contributed by atoms with van der Waals surface area (Å²) >= 11 is 0. The average Bonchev–Trinajstić information content (AvgIpc) is 2.82. The zero-order chi connectivity index (χ0) is 14.5. The Morgan fingerprint density at radius 3 is 2.63 bits per heavy atom. The maximum atomic E-state index is 9.04. The molecule has 0 aliphatic carbocycles. The second-order valence-corrected chi connectivity index (χ2v) is 6.21.